The molecule has 0 bridgehead atoms. The van der Waals surface area contributed by atoms with E-state index in [0.29, 0.717) is 32.3 Å². The molecular weight excluding hydrogens is 206 g/mol. The molecule has 0 spiro atoms. The van der Waals surface area contributed by atoms with Crippen LogP contribution in [0.3, 0.4) is 0 Å². The van der Waals surface area contributed by atoms with Gasteiger partial charge in [0.05, 0.1) is 32.5 Å². The molecule has 0 saturated carbocycles. The summed E-state index contributed by atoms with van der Waals surface area (Å²) in [5.74, 6) is 0.586. The van der Waals surface area contributed by atoms with E-state index in [1.54, 1.807) is 7.11 Å². The molecule has 0 saturated heterocycles. The quantitative estimate of drug-likeness (QED) is 0.546. The monoisotopic (exact) mass is 233 g/mol. The summed E-state index contributed by atoms with van der Waals surface area (Å²) in [6.07, 6.45) is 0. The highest BCUT2D eigenvalue weighted by atomic mass is 16.5. The van der Waals surface area contributed by atoms with Crippen LogP contribution in [0.5, 0.6) is 0 Å². The molecule has 16 heavy (non-hydrogen) atoms. The van der Waals surface area contributed by atoms with Crippen molar-refractivity contribution in [3.63, 3.8) is 0 Å². The van der Waals surface area contributed by atoms with Crippen molar-refractivity contribution in [1.29, 1.82) is 0 Å². The highest BCUT2D eigenvalue weighted by Gasteiger charge is 2.06. The van der Waals surface area contributed by atoms with Gasteiger partial charge in [0.15, 0.2) is 0 Å². The standard InChI is InChI=1S/C12H27NO3/c1-5-13-12(9-14-4)10-16-7-6-15-8-11(2)3/h11-13H,5-10H2,1-4H3. The molecule has 0 aromatic carbocycles. The van der Waals surface area contributed by atoms with Crippen LogP contribution in [-0.4, -0.2) is 52.7 Å². The number of likely N-dealkylation sites (N-methyl/N-ethyl adjacent to an activating group) is 1. The Kier molecular flexibility index (Phi) is 11.2. The lowest BCUT2D eigenvalue weighted by Gasteiger charge is -2.17. The molecule has 1 unspecified atom stereocenters. The molecule has 1 N–H and O–H groups in total. The van der Waals surface area contributed by atoms with Crippen LogP contribution in [0.15, 0.2) is 0 Å². The maximum atomic E-state index is 5.52. The average molecular weight is 233 g/mol. The third-order valence-electron chi connectivity index (χ3n) is 2.00. The second kappa shape index (κ2) is 11.3. The number of rotatable bonds is 11. The average Bonchev–Trinajstić information content (AvgIpc) is 2.23. The number of hydrogen-bond acceptors (Lipinski definition) is 4. The molecule has 0 heterocycles. The Morgan fingerprint density at radius 1 is 1.00 bits per heavy atom. The van der Waals surface area contributed by atoms with Gasteiger partial charge in [-0.3, -0.25) is 0 Å². The van der Waals surface area contributed by atoms with E-state index in [0.717, 1.165) is 13.2 Å². The molecule has 0 amide bonds. The lowest BCUT2D eigenvalue weighted by Crippen LogP contribution is -2.37. The maximum absolute atomic E-state index is 5.52. The fourth-order valence-electron chi connectivity index (χ4n) is 1.32. The largest absolute Gasteiger partial charge is 0.383 e. The molecule has 0 aromatic rings. The maximum Gasteiger partial charge on any atom is 0.0701 e. The normalized spacial score (nSPS) is 13.3. The van der Waals surface area contributed by atoms with Crippen molar-refractivity contribution in [3.8, 4) is 0 Å². The van der Waals surface area contributed by atoms with E-state index < -0.39 is 0 Å². The summed E-state index contributed by atoms with van der Waals surface area (Å²) in [6.45, 7) is 10.8. The molecule has 0 aromatic heterocycles. The topological polar surface area (TPSA) is 39.7 Å². The summed E-state index contributed by atoms with van der Waals surface area (Å²) in [6, 6.07) is 0.278. The number of methoxy groups -OCH3 is 1. The van der Waals surface area contributed by atoms with Crippen LogP contribution >= 0.6 is 0 Å². The highest BCUT2D eigenvalue weighted by Crippen LogP contribution is 1.92. The molecule has 0 aliphatic heterocycles. The van der Waals surface area contributed by atoms with Crippen molar-refractivity contribution in [2.45, 2.75) is 26.8 Å². The fourth-order valence-corrected chi connectivity index (χ4v) is 1.32. The van der Waals surface area contributed by atoms with Gasteiger partial charge >= 0.3 is 0 Å². The van der Waals surface area contributed by atoms with E-state index in [-0.39, 0.29) is 6.04 Å². The van der Waals surface area contributed by atoms with Gasteiger partial charge in [-0.05, 0) is 12.5 Å². The summed E-state index contributed by atoms with van der Waals surface area (Å²) in [5.41, 5.74) is 0. The number of nitrogens with one attached hydrogen (secondary N) is 1. The molecule has 0 rings (SSSR count). The Morgan fingerprint density at radius 3 is 2.12 bits per heavy atom. The number of hydrogen-bond donors (Lipinski definition) is 1. The van der Waals surface area contributed by atoms with Gasteiger partial charge < -0.3 is 19.5 Å². The smallest absolute Gasteiger partial charge is 0.0701 e. The summed E-state index contributed by atoms with van der Waals surface area (Å²) in [7, 11) is 1.70. The third kappa shape index (κ3) is 10.4. The second-order valence-corrected chi connectivity index (χ2v) is 4.25. The Hall–Kier alpha value is -0.160. The van der Waals surface area contributed by atoms with Gasteiger partial charge in [-0.2, -0.15) is 0 Å². The minimum Gasteiger partial charge on any atom is -0.383 e. The Morgan fingerprint density at radius 2 is 1.62 bits per heavy atom. The second-order valence-electron chi connectivity index (χ2n) is 4.25. The zero-order valence-electron chi connectivity index (χ0n) is 11.1. The molecule has 4 heteroatoms. The summed E-state index contributed by atoms with van der Waals surface area (Å²) in [4.78, 5) is 0. The van der Waals surface area contributed by atoms with E-state index in [4.69, 9.17) is 14.2 Å². The first kappa shape index (κ1) is 15.8. The Balaban J connectivity index is 3.32. The van der Waals surface area contributed by atoms with E-state index in [2.05, 4.69) is 26.1 Å². The predicted octanol–water partition coefficient (Wildman–Crippen LogP) is 1.30. The molecule has 0 radical (unpaired) electrons. The first-order valence-electron chi connectivity index (χ1n) is 6.08. The van der Waals surface area contributed by atoms with Crippen molar-refractivity contribution >= 4 is 0 Å². The van der Waals surface area contributed by atoms with Crippen molar-refractivity contribution in [3.05, 3.63) is 0 Å². The van der Waals surface area contributed by atoms with Crippen LogP contribution in [-0.2, 0) is 14.2 Å². The molecule has 0 fully saturated rings. The van der Waals surface area contributed by atoms with Gasteiger partial charge in [-0.1, -0.05) is 20.8 Å². The third-order valence-corrected chi connectivity index (χ3v) is 2.00. The minimum absolute atomic E-state index is 0.278. The molecule has 0 aliphatic rings. The van der Waals surface area contributed by atoms with Crippen molar-refractivity contribution in [2.24, 2.45) is 5.92 Å². The zero-order chi connectivity index (χ0) is 12.2. The lowest BCUT2D eigenvalue weighted by molar-refractivity contribution is 0.0210. The van der Waals surface area contributed by atoms with Gasteiger partial charge in [0, 0.05) is 13.7 Å². The minimum atomic E-state index is 0.278. The van der Waals surface area contributed by atoms with Crippen LogP contribution in [0.1, 0.15) is 20.8 Å². The molecule has 98 valence electrons. The van der Waals surface area contributed by atoms with E-state index in [9.17, 15) is 0 Å². The predicted molar refractivity (Wildman–Crippen MR) is 65.8 cm³/mol. The molecule has 1 atom stereocenters. The van der Waals surface area contributed by atoms with E-state index in [1.165, 1.54) is 0 Å². The summed E-state index contributed by atoms with van der Waals surface area (Å²) in [5, 5.41) is 3.30. The summed E-state index contributed by atoms with van der Waals surface area (Å²) >= 11 is 0. The lowest BCUT2D eigenvalue weighted by atomic mass is 10.2. The van der Waals surface area contributed by atoms with Gasteiger partial charge in [0.1, 0.15) is 0 Å². The van der Waals surface area contributed by atoms with Crippen LogP contribution in [0, 0.1) is 5.92 Å². The fraction of sp³-hybridized carbons (Fsp3) is 1.00. The molecular formula is C12H27NO3. The zero-order valence-corrected chi connectivity index (χ0v) is 11.1. The van der Waals surface area contributed by atoms with Crippen molar-refractivity contribution in [2.75, 3.05) is 46.7 Å². The first-order valence-corrected chi connectivity index (χ1v) is 6.08. The SMILES string of the molecule is CCNC(COC)COCCOCC(C)C. The van der Waals surface area contributed by atoms with E-state index in [1.807, 2.05) is 0 Å². The Labute approximate surface area is 99.6 Å². The van der Waals surface area contributed by atoms with Gasteiger partial charge in [0.25, 0.3) is 0 Å². The molecule has 0 aliphatic carbocycles. The molecule has 4 nitrogen and oxygen atoms in total. The first-order chi connectivity index (χ1) is 7.70. The van der Waals surface area contributed by atoms with Crippen molar-refractivity contribution in [1.82, 2.24) is 5.32 Å². The van der Waals surface area contributed by atoms with Gasteiger partial charge in [-0.25, -0.2) is 0 Å². The van der Waals surface area contributed by atoms with Crippen LogP contribution in [0.4, 0.5) is 0 Å². The van der Waals surface area contributed by atoms with Crippen molar-refractivity contribution < 1.29 is 14.2 Å². The highest BCUT2D eigenvalue weighted by molar-refractivity contribution is 4.63. The van der Waals surface area contributed by atoms with Gasteiger partial charge in [0.2, 0.25) is 0 Å². The van der Waals surface area contributed by atoms with Crippen LogP contribution in [0.25, 0.3) is 0 Å². The number of ether oxygens (including phenoxy) is 3. The summed E-state index contributed by atoms with van der Waals surface area (Å²) < 4.78 is 16.0. The Bertz CT molecular complexity index is 136. The van der Waals surface area contributed by atoms with Crippen LogP contribution in [0.2, 0.25) is 0 Å². The van der Waals surface area contributed by atoms with Gasteiger partial charge in [-0.15, -0.1) is 0 Å². The van der Waals surface area contributed by atoms with E-state index >= 15 is 0 Å². The van der Waals surface area contributed by atoms with Crippen LogP contribution < -0.4 is 5.32 Å².